The van der Waals surface area contributed by atoms with E-state index in [1.165, 1.54) is 10.4 Å². The van der Waals surface area contributed by atoms with Crippen LogP contribution in [0.2, 0.25) is 0 Å². The van der Waals surface area contributed by atoms with Crippen molar-refractivity contribution >= 4 is 21.6 Å². The van der Waals surface area contributed by atoms with Gasteiger partial charge >= 0.3 is 0 Å². The Morgan fingerprint density at radius 1 is 1.50 bits per heavy atom. The Morgan fingerprint density at radius 3 is 2.92 bits per heavy atom. The Balaban J connectivity index is 2.76. The monoisotopic (exact) mass is 180 g/mol. The smallest absolute Gasteiger partial charge is 0.103 e. The van der Waals surface area contributed by atoms with Crippen LogP contribution in [0.3, 0.4) is 0 Å². The normalized spacial score (nSPS) is 11.7. The van der Waals surface area contributed by atoms with Crippen molar-refractivity contribution in [2.75, 3.05) is 0 Å². The zero-order chi connectivity index (χ0) is 8.72. The van der Waals surface area contributed by atoms with Crippen LogP contribution >= 0.6 is 11.3 Å². The molecule has 0 amide bonds. The van der Waals surface area contributed by atoms with E-state index in [0.29, 0.717) is 5.92 Å². The van der Waals surface area contributed by atoms with Crippen LogP contribution in [0.25, 0.3) is 10.2 Å². The summed E-state index contributed by atoms with van der Waals surface area (Å²) in [6.45, 7) is 4.41. The van der Waals surface area contributed by atoms with Crippen LogP contribution in [0.5, 0.6) is 0 Å². The Kier molecular flexibility index (Phi) is 1.68. The third-order valence-electron chi connectivity index (χ3n) is 2.03. The maximum Gasteiger partial charge on any atom is 0.103 e. The van der Waals surface area contributed by atoms with Crippen LogP contribution in [0, 0.1) is 0 Å². The van der Waals surface area contributed by atoms with Gasteiger partial charge in [0.1, 0.15) is 5.52 Å². The topological polar surface area (TPSA) is 17.8 Å². The zero-order valence-corrected chi connectivity index (χ0v) is 8.35. The van der Waals surface area contributed by atoms with Gasteiger partial charge in [-0.2, -0.15) is 5.10 Å². The van der Waals surface area contributed by atoms with Gasteiger partial charge in [0.25, 0.3) is 0 Å². The van der Waals surface area contributed by atoms with Crippen LogP contribution in [-0.4, -0.2) is 9.78 Å². The summed E-state index contributed by atoms with van der Waals surface area (Å²) in [5.74, 6) is 0.554. The summed E-state index contributed by atoms with van der Waals surface area (Å²) in [6, 6.07) is 2.08. The molecule has 0 aromatic carbocycles. The lowest BCUT2D eigenvalue weighted by Gasteiger charge is -2.04. The van der Waals surface area contributed by atoms with Gasteiger partial charge in [0.05, 0.1) is 10.4 Å². The van der Waals surface area contributed by atoms with Crippen molar-refractivity contribution in [2.24, 2.45) is 7.05 Å². The van der Waals surface area contributed by atoms with E-state index < -0.39 is 0 Å². The fourth-order valence-corrected chi connectivity index (χ4v) is 2.62. The van der Waals surface area contributed by atoms with E-state index >= 15 is 0 Å². The van der Waals surface area contributed by atoms with Crippen LogP contribution in [0.1, 0.15) is 25.5 Å². The summed E-state index contributed by atoms with van der Waals surface area (Å²) in [7, 11) is 2.02. The van der Waals surface area contributed by atoms with Gasteiger partial charge in [0.15, 0.2) is 0 Å². The molecular weight excluding hydrogens is 168 g/mol. The quantitative estimate of drug-likeness (QED) is 0.660. The lowest BCUT2D eigenvalue weighted by Crippen LogP contribution is -1.99. The number of aromatic nitrogens is 2. The van der Waals surface area contributed by atoms with Gasteiger partial charge in [-0.25, -0.2) is 0 Å². The van der Waals surface area contributed by atoms with Crippen molar-refractivity contribution in [3.8, 4) is 0 Å². The lowest BCUT2D eigenvalue weighted by atomic mass is 10.1. The molecule has 2 nitrogen and oxygen atoms in total. The highest BCUT2D eigenvalue weighted by Crippen LogP contribution is 2.28. The molecule has 64 valence electrons. The van der Waals surface area contributed by atoms with Crippen LogP contribution in [0.4, 0.5) is 0 Å². The minimum absolute atomic E-state index is 0.554. The molecule has 0 bridgehead atoms. The van der Waals surface area contributed by atoms with E-state index in [1.54, 1.807) is 11.3 Å². The Bertz CT molecular complexity index is 397. The first-order chi connectivity index (χ1) is 5.70. The number of nitrogens with zero attached hydrogens (tertiary/aromatic N) is 2. The highest BCUT2D eigenvalue weighted by molar-refractivity contribution is 7.17. The van der Waals surface area contributed by atoms with Crippen LogP contribution in [-0.2, 0) is 7.05 Å². The van der Waals surface area contributed by atoms with E-state index in [4.69, 9.17) is 0 Å². The first-order valence-corrected chi connectivity index (χ1v) is 4.98. The fraction of sp³-hybridized carbons (Fsp3) is 0.444. The van der Waals surface area contributed by atoms with Gasteiger partial charge in [0, 0.05) is 7.05 Å². The summed E-state index contributed by atoms with van der Waals surface area (Å²) in [4.78, 5) is 0. The summed E-state index contributed by atoms with van der Waals surface area (Å²) in [5.41, 5.74) is 2.48. The van der Waals surface area contributed by atoms with Gasteiger partial charge in [-0.05, 0) is 17.4 Å². The van der Waals surface area contributed by atoms with Gasteiger partial charge in [-0.3, -0.25) is 4.68 Å². The lowest BCUT2D eigenvalue weighted by molar-refractivity contribution is 0.678. The van der Waals surface area contributed by atoms with Gasteiger partial charge in [-0.15, -0.1) is 11.3 Å². The molecule has 0 fully saturated rings. The highest BCUT2D eigenvalue weighted by Gasteiger charge is 2.12. The molecule has 0 aliphatic heterocycles. The summed E-state index contributed by atoms with van der Waals surface area (Å²) < 4.78 is 3.33. The number of hydrogen-bond acceptors (Lipinski definition) is 2. The third-order valence-corrected chi connectivity index (χ3v) is 2.96. The molecule has 0 atom stereocenters. The molecule has 0 saturated carbocycles. The molecule has 2 heterocycles. The molecule has 0 aliphatic carbocycles. The average molecular weight is 180 g/mol. The molecule has 12 heavy (non-hydrogen) atoms. The Labute approximate surface area is 75.8 Å². The zero-order valence-electron chi connectivity index (χ0n) is 7.53. The second-order valence-electron chi connectivity index (χ2n) is 3.30. The highest BCUT2D eigenvalue weighted by atomic mass is 32.1. The predicted molar refractivity (Wildman–Crippen MR) is 52.7 cm³/mol. The van der Waals surface area contributed by atoms with Crippen molar-refractivity contribution in [2.45, 2.75) is 19.8 Å². The second-order valence-corrected chi connectivity index (χ2v) is 4.21. The molecule has 3 heteroatoms. The van der Waals surface area contributed by atoms with E-state index in [0.717, 1.165) is 5.52 Å². The molecule has 2 aromatic heterocycles. The maximum atomic E-state index is 4.42. The van der Waals surface area contributed by atoms with Crippen molar-refractivity contribution < 1.29 is 0 Å². The summed E-state index contributed by atoms with van der Waals surface area (Å²) in [5, 5.41) is 6.52. The number of aryl methyl sites for hydroxylation is 1. The molecule has 0 unspecified atom stereocenters. The molecule has 2 aromatic rings. The van der Waals surface area contributed by atoms with Crippen LogP contribution < -0.4 is 0 Å². The standard InChI is InChI=1S/C9H12N2S/c1-6(2)8-9-7(4-5-12-9)10-11(8)3/h4-6H,1-3H3. The van der Waals surface area contributed by atoms with Crippen molar-refractivity contribution in [1.82, 2.24) is 9.78 Å². The van der Waals surface area contributed by atoms with Gasteiger partial charge in [0.2, 0.25) is 0 Å². The van der Waals surface area contributed by atoms with Crippen molar-refractivity contribution in [1.29, 1.82) is 0 Å². The summed E-state index contributed by atoms with van der Waals surface area (Å²) in [6.07, 6.45) is 0. The fourth-order valence-electron chi connectivity index (χ4n) is 1.57. The molecule has 2 rings (SSSR count). The van der Waals surface area contributed by atoms with Crippen molar-refractivity contribution in [3.05, 3.63) is 17.1 Å². The molecule has 0 aliphatic rings. The average Bonchev–Trinajstić information content (AvgIpc) is 2.44. The third kappa shape index (κ3) is 0.966. The minimum Gasteiger partial charge on any atom is -0.270 e. The largest absolute Gasteiger partial charge is 0.270 e. The van der Waals surface area contributed by atoms with E-state index in [9.17, 15) is 0 Å². The summed E-state index contributed by atoms with van der Waals surface area (Å²) >= 11 is 1.78. The number of rotatable bonds is 1. The van der Waals surface area contributed by atoms with E-state index in [2.05, 4.69) is 30.4 Å². The minimum atomic E-state index is 0.554. The van der Waals surface area contributed by atoms with Crippen LogP contribution in [0.15, 0.2) is 11.4 Å². The van der Waals surface area contributed by atoms with E-state index in [1.807, 2.05) is 11.7 Å². The second kappa shape index (κ2) is 2.59. The van der Waals surface area contributed by atoms with Gasteiger partial charge in [-0.1, -0.05) is 13.8 Å². The first-order valence-electron chi connectivity index (χ1n) is 4.10. The Hall–Kier alpha value is -0.830. The predicted octanol–water partition coefficient (Wildman–Crippen LogP) is 2.76. The molecule has 0 spiro atoms. The number of fused-ring (bicyclic) bond motifs is 1. The molecule has 0 N–H and O–H groups in total. The van der Waals surface area contributed by atoms with Crippen molar-refractivity contribution in [3.63, 3.8) is 0 Å². The van der Waals surface area contributed by atoms with E-state index in [-0.39, 0.29) is 0 Å². The molecule has 0 saturated heterocycles. The van der Waals surface area contributed by atoms with Gasteiger partial charge < -0.3 is 0 Å². The maximum absolute atomic E-state index is 4.42. The first kappa shape index (κ1) is 7.80. The SMILES string of the molecule is CC(C)c1c2sccc2nn1C. The number of thiophene rings is 1. The molecule has 0 radical (unpaired) electrons. The Morgan fingerprint density at radius 2 is 2.25 bits per heavy atom. The number of hydrogen-bond donors (Lipinski definition) is 0. The molecular formula is C9H12N2S.